The van der Waals surface area contributed by atoms with Crippen molar-refractivity contribution in [2.75, 3.05) is 5.88 Å². The van der Waals surface area contributed by atoms with Crippen molar-refractivity contribution in [1.82, 2.24) is 0 Å². The average Bonchev–Trinajstić information content (AvgIpc) is 1.99. The number of rotatable bonds is 6. The van der Waals surface area contributed by atoms with Crippen molar-refractivity contribution in [2.24, 2.45) is 0 Å². The molecule has 0 N–H and O–H groups in total. The highest BCUT2D eigenvalue weighted by Crippen LogP contribution is 2.20. The summed E-state index contributed by atoms with van der Waals surface area (Å²) in [6, 6.07) is 1.15. The second kappa shape index (κ2) is 5.34. The van der Waals surface area contributed by atoms with Crippen LogP contribution >= 0.6 is 11.6 Å². The van der Waals surface area contributed by atoms with E-state index in [0.717, 1.165) is 18.3 Å². The van der Waals surface area contributed by atoms with Crippen LogP contribution in [0.2, 0.25) is 32.2 Å². The summed E-state index contributed by atoms with van der Waals surface area (Å²) in [6.07, 6.45) is 1.07. The molecule has 0 radical (unpaired) electrons. The van der Waals surface area contributed by atoms with Crippen molar-refractivity contribution in [1.29, 1.82) is 0 Å². The first-order chi connectivity index (χ1) is 5.83. The Morgan fingerprint density at radius 3 is 2.23 bits per heavy atom. The first-order valence-corrected chi connectivity index (χ1v) is 11.4. The molecule has 0 aliphatic rings. The van der Waals surface area contributed by atoms with E-state index in [4.69, 9.17) is 15.7 Å². The zero-order valence-corrected chi connectivity index (χ0v) is 11.9. The van der Waals surface area contributed by atoms with Crippen molar-refractivity contribution < 1.29 is 4.12 Å². The maximum atomic E-state index is 6.18. The molecule has 0 fully saturated rings. The molecule has 0 atom stereocenters. The summed E-state index contributed by atoms with van der Waals surface area (Å²) >= 11 is 5.67. The molecule has 0 aromatic heterocycles. The summed E-state index contributed by atoms with van der Waals surface area (Å²) < 4.78 is 6.18. The Bertz CT molecular complexity index is 169. The summed E-state index contributed by atoms with van der Waals surface area (Å²) in [7, 11) is -3.05. The molecular formula is C9H21ClOSi2. The Balaban J connectivity index is 4.07. The van der Waals surface area contributed by atoms with E-state index in [1.54, 1.807) is 0 Å². The third-order valence-electron chi connectivity index (χ3n) is 1.94. The molecule has 0 aromatic rings. The number of alkyl halides is 1. The van der Waals surface area contributed by atoms with Crippen LogP contribution in [-0.2, 0) is 4.12 Å². The summed E-state index contributed by atoms with van der Waals surface area (Å²) in [6.45, 7) is 12.7. The second-order valence-corrected chi connectivity index (χ2v) is 13.3. The average molecular weight is 237 g/mol. The molecule has 0 bridgehead atoms. The molecule has 0 unspecified atom stereocenters. The van der Waals surface area contributed by atoms with Crippen LogP contribution in [0.5, 0.6) is 0 Å². The van der Waals surface area contributed by atoms with Crippen LogP contribution in [0.25, 0.3) is 0 Å². The molecule has 0 spiro atoms. The van der Waals surface area contributed by atoms with Crippen LogP contribution in [-0.4, -0.2) is 22.5 Å². The van der Waals surface area contributed by atoms with Gasteiger partial charge in [-0.3, -0.25) is 0 Å². The van der Waals surface area contributed by atoms with Gasteiger partial charge in [0.1, 0.15) is 0 Å². The minimum absolute atomic E-state index is 0.746. The number of hydrogen-bond acceptors (Lipinski definition) is 1. The van der Waals surface area contributed by atoms with Gasteiger partial charge in [-0.2, -0.15) is 0 Å². The van der Waals surface area contributed by atoms with E-state index >= 15 is 0 Å². The first kappa shape index (κ1) is 13.4. The van der Waals surface area contributed by atoms with Crippen LogP contribution < -0.4 is 0 Å². The predicted molar refractivity (Wildman–Crippen MR) is 66.4 cm³/mol. The van der Waals surface area contributed by atoms with E-state index in [1.807, 2.05) is 5.70 Å². The van der Waals surface area contributed by atoms with Crippen molar-refractivity contribution in [2.45, 2.75) is 38.7 Å². The standard InChI is InChI=1S/C9H21ClOSi2/c1-6-12(2,3)11-13(4,5)9-7-8-10/h6H,1,7-9H2,2-5H3. The Hall–Kier alpha value is 0.424. The van der Waals surface area contributed by atoms with Crippen molar-refractivity contribution in [3.63, 3.8) is 0 Å². The lowest BCUT2D eigenvalue weighted by Crippen LogP contribution is -2.43. The molecule has 0 heterocycles. The zero-order chi connectivity index (χ0) is 10.5. The third kappa shape index (κ3) is 6.49. The van der Waals surface area contributed by atoms with Gasteiger partial charge in [-0.1, -0.05) is 5.70 Å². The fourth-order valence-electron chi connectivity index (χ4n) is 1.30. The summed E-state index contributed by atoms with van der Waals surface area (Å²) in [4.78, 5) is 0. The predicted octanol–water partition coefficient (Wildman–Crippen LogP) is 3.77. The Kier molecular flexibility index (Phi) is 5.51. The van der Waals surface area contributed by atoms with Gasteiger partial charge in [0.15, 0.2) is 16.6 Å². The first-order valence-electron chi connectivity index (χ1n) is 4.73. The minimum Gasteiger partial charge on any atom is -0.453 e. The molecular weight excluding hydrogens is 216 g/mol. The molecule has 78 valence electrons. The second-order valence-electron chi connectivity index (χ2n) is 4.46. The van der Waals surface area contributed by atoms with E-state index < -0.39 is 16.6 Å². The third-order valence-corrected chi connectivity index (χ3v) is 9.07. The monoisotopic (exact) mass is 236 g/mol. The van der Waals surface area contributed by atoms with Crippen LogP contribution in [0.3, 0.4) is 0 Å². The van der Waals surface area contributed by atoms with Crippen LogP contribution in [0.1, 0.15) is 6.42 Å². The van der Waals surface area contributed by atoms with Gasteiger partial charge >= 0.3 is 0 Å². The number of halogens is 1. The summed E-state index contributed by atoms with van der Waals surface area (Å²) in [5, 5.41) is 0. The lowest BCUT2D eigenvalue weighted by atomic mass is 10.6. The van der Waals surface area contributed by atoms with Gasteiger partial charge < -0.3 is 4.12 Å². The van der Waals surface area contributed by atoms with Gasteiger partial charge in [0.2, 0.25) is 0 Å². The fraction of sp³-hybridized carbons (Fsp3) is 0.778. The minimum atomic E-state index is -1.58. The zero-order valence-electron chi connectivity index (χ0n) is 9.19. The lowest BCUT2D eigenvalue weighted by molar-refractivity contribution is 0.552. The molecule has 13 heavy (non-hydrogen) atoms. The molecule has 0 aliphatic carbocycles. The van der Waals surface area contributed by atoms with E-state index in [9.17, 15) is 0 Å². The molecule has 0 aliphatic heterocycles. The Morgan fingerprint density at radius 1 is 1.31 bits per heavy atom. The van der Waals surface area contributed by atoms with Gasteiger partial charge in [0.05, 0.1) is 0 Å². The van der Waals surface area contributed by atoms with E-state index in [0.29, 0.717) is 0 Å². The van der Waals surface area contributed by atoms with Gasteiger partial charge in [-0.25, -0.2) is 0 Å². The van der Waals surface area contributed by atoms with E-state index in [2.05, 4.69) is 32.8 Å². The highest BCUT2D eigenvalue weighted by molar-refractivity contribution is 6.87. The highest BCUT2D eigenvalue weighted by Gasteiger charge is 2.30. The van der Waals surface area contributed by atoms with Crippen LogP contribution in [0.15, 0.2) is 12.3 Å². The van der Waals surface area contributed by atoms with Crippen molar-refractivity contribution in [3.8, 4) is 0 Å². The molecule has 0 saturated heterocycles. The van der Waals surface area contributed by atoms with Crippen molar-refractivity contribution >= 4 is 28.2 Å². The molecule has 0 amide bonds. The quantitative estimate of drug-likeness (QED) is 0.504. The lowest BCUT2D eigenvalue weighted by Gasteiger charge is -2.31. The maximum Gasteiger partial charge on any atom is 0.197 e. The molecule has 0 aromatic carbocycles. The van der Waals surface area contributed by atoms with Gasteiger partial charge in [0, 0.05) is 5.88 Å². The SMILES string of the molecule is C=C[Si](C)(C)O[Si](C)(C)CCCCl. The van der Waals surface area contributed by atoms with Crippen LogP contribution in [0.4, 0.5) is 0 Å². The highest BCUT2D eigenvalue weighted by atomic mass is 35.5. The Morgan fingerprint density at radius 2 is 1.85 bits per heavy atom. The summed E-state index contributed by atoms with van der Waals surface area (Å²) in [5.74, 6) is 0.746. The van der Waals surface area contributed by atoms with Crippen LogP contribution in [0, 0.1) is 0 Å². The van der Waals surface area contributed by atoms with E-state index in [-0.39, 0.29) is 0 Å². The van der Waals surface area contributed by atoms with Gasteiger partial charge in [-0.05, 0) is 38.7 Å². The van der Waals surface area contributed by atoms with Gasteiger partial charge in [-0.15, -0.1) is 18.2 Å². The fourth-order valence-corrected chi connectivity index (χ4v) is 9.12. The molecule has 0 saturated carbocycles. The molecule has 0 rings (SSSR count). The largest absolute Gasteiger partial charge is 0.453 e. The normalized spacial score (nSPS) is 13.0. The molecule has 4 heteroatoms. The molecule has 1 nitrogen and oxygen atoms in total. The maximum absolute atomic E-state index is 6.18. The van der Waals surface area contributed by atoms with Gasteiger partial charge in [0.25, 0.3) is 0 Å². The Labute approximate surface area is 89.4 Å². The van der Waals surface area contributed by atoms with E-state index in [1.165, 1.54) is 0 Å². The topological polar surface area (TPSA) is 9.23 Å². The summed E-state index contributed by atoms with van der Waals surface area (Å²) in [5.41, 5.74) is 2.00. The smallest absolute Gasteiger partial charge is 0.197 e. The number of hydrogen-bond donors (Lipinski definition) is 0. The van der Waals surface area contributed by atoms with Crippen molar-refractivity contribution in [3.05, 3.63) is 12.3 Å².